The molecule has 0 radical (unpaired) electrons. The Balaban J connectivity index is 2.06. The van der Waals surface area contributed by atoms with Crippen molar-refractivity contribution in [2.45, 2.75) is 13.0 Å². The smallest absolute Gasteiger partial charge is 0.358 e. The van der Waals surface area contributed by atoms with Gasteiger partial charge in [0.15, 0.2) is 5.69 Å². The zero-order chi connectivity index (χ0) is 13.7. The van der Waals surface area contributed by atoms with E-state index >= 15 is 0 Å². The summed E-state index contributed by atoms with van der Waals surface area (Å²) in [6.07, 6.45) is 2.91. The van der Waals surface area contributed by atoms with Crippen molar-refractivity contribution in [2.24, 2.45) is 0 Å². The summed E-state index contributed by atoms with van der Waals surface area (Å²) in [5.74, 6) is 0.124. The number of methoxy groups -OCH3 is 1. The Hall–Kier alpha value is -2.43. The number of rotatable bonds is 4. The van der Waals surface area contributed by atoms with E-state index in [9.17, 15) is 4.79 Å². The third kappa shape index (κ3) is 3.28. The highest BCUT2D eigenvalue weighted by atomic mass is 16.5. The van der Waals surface area contributed by atoms with Crippen molar-refractivity contribution in [2.75, 3.05) is 12.4 Å². The molecule has 0 aliphatic heterocycles. The van der Waals surface area contributed by atoms with E-state index in [1.54, 1.807) is 0 Å². The Labute approximate surface area is 111 Å². The van der Waals surface area contributed by atoms with Gasteiger partial charge < -0.3 is 10.1 Å². The van der Waals surface area contributed by atoms with Crippen LogP contribution in [-0.4, -0.2) is 23.0 Å². The highest BCUT2D eigenvalue weighted by molar-refractivity contribution is 5.86. The number of ether oxygens (including phenoxy) is 1. The van der Waals surface area contributed by atoms with Crippen molar-refractivity contribution < 1.29 is 9.53 Å². The minimum atomic E-state index is -0.491. The molecule has 1 N–H and O–H groups in total. The molecule has 1 aromatic heterocycles. The van der Waals surface area contributed by atoms with Gasteiger partial charge in [-0.25, -0.2) is 14.8 Å². The van der Waals surface area contributed by atoms with Crippen LogP contribution in [0.5, 0.6) is 0 Å². The number of carbonyl (C=O) groups is 1. The number of hydrogen-bond donors (Lipinski definition) is 1. The number of benzene rings is 1. The molecule has 0 spiro atoms. The van der Waals surface area contributed by atoms with Crippen LogP contribution in [0.1, 0.15) is 29.0 Å². The van der Waals surface area contributed by atoms with E-state index in [2.05, 4.69) is 20.0 Å². The molecule has 98 valence electrons. The maximum absolute atomic E-state index is 11.2. The van der Waals surface area contributed by atoms with Gasteiger partial charge in [0.1, 0.15) is 5.82 Å². The van der Waals surface area contributed by atoms with Crippen molar-refractivity contribution in [3.8, 4) is 0 Å². The van der Waals surface area contributed by atoms with Gasteiger partial charge in [-0.3, -0.25) is 0 Å². The molecule has 0 amide bonds. The molecular formula is C14H15N3O2. The van der Waals surface area contributed by atoms with E-state index in [1.807, 2.05) is 37.3 Å². The standard InChI is InChI=1S/C14H15N3O2/c1-10(11-6-4-3-5-7-11)17-13-9-15-12(8-16-13)14(18)19-2/h3-10H,1-2H3,(H,16,17). The fraction of sp³-hybridized carbons (Fsp3) is 0.214. The van der Waals surface area contributed by atoms with Gasteiger partial charge in [-0.1, -0.05) is 30.3 Å². The zero-order valence-electron chi connectivity index (χ0n) is 10.8. The first kappa shape index (κ1) is 13.0. The Bertz CT molecular complexity index is 540. The lowest BCUT2D eigenvalue weighted by Gasteiger charge is -2.14. The number of nitrogens with zero attached hydrogens (tertiary/aromatic N) is 2. The van der Waals surface area contributed by atoms with Crippen LogP contribution < -0.4 is 5.32 Å². The summed E-state index contributed by atoms with van der Waals surface area (Å²) in [6, 6.07) is 10.1. The van der Waals surface area contributed by atoms with Crippen LogP contribution in [0, 0.1) is 0 Å². The summed E-state index contributed by atoms with van der Waals surface area (Å²) >= 11 is 0. The van der Waals surface area contributed by atoms with Crippen molar-refractivity contribution in [3.05, 3.63) is 54.0 Å². The lowest BCUT2D eigenvalue weighted by atomic mass is 10.1. The second kappa shape index (κ2) is 5.95. The second-order valence-electron chi connectivity index (χ2n) is 4.06. The van der Waals surface area contributed by atoms with Crippen molar-refractivity contribution >= 4 is 11.8 Å². The van der Waals surface area contributed by atoms with Gasteiger partial charge in [0, 0.05) is 6.04 Å². The molecule has 0 bridgehead atoms. The summed E-state index contributed by atoms with van der Waals surface area (Å²) in [6.45, 7) is 2.03. The van der Waals surface area contributed by atoms with Gasteiger partial charge in [-0.2, -0.15) is 0 Å². The molecule has 1 heterocycles. The predicted molar refractivity (Wildman–Crippen MR) is 71.9 cm³/mol. The molecule has 19 heavy (non-hydrogen) atoms. The molecule has 1 unspecified atom stereocenters. The highest BCUT2D eigenvalue weighted by Crippen LogP contribution is 2.16. The summed E-state index contributed by atoms with van der Waals surface area (Å²) in [7, 11) is 1.31. The first-order valence-corrected chi connectivity index (χ1v) is 5.92. The van der Waals surface area contributed by atoms with E-state index in [-0.39, 0.29) is 11.7 Å². The Morgan fingerprint density at radius 3 is 2.53 bits per heavy atom. The number of nitrogens with one attached hydrogen (secondary N) is 1. The topological polar surface area (TPSA) is 64.1 Å². The molecule has 0 fully saturated rings. The van der Waals surface area contributed by atoms with Gasteiger partial charge in [0.2, 0.25) is 0 Å². The average molecular weight is 257 g/mol. The second-order valence-corrected chi connectivity index (χ2v) is 4.06. The minimum absolute atomic E-state index is 0.111. The zero-order valence-corrected chi connectivity index (χ0v) is 10.8. The molecule has 0 aliphatic rings. The van der Waals surface area contributed by atoms with Crippen LogP contribution in [0.15, 0.2) is 42.7 Å². The van der Waals surface area contributed by atoms with E-state index in [0.29, 0.717) is 5.82 Å². The van der Waals surface area contributed by atoms with Crippen molar-refractivity contribution in [3.63, 3.8) is 0 Å². The molecule has 5 nitrogen and oxygen atoms in total. The highest BCUT2D eigenvalue weighted by Gasteiger charge is 2.09. The average Bonchev–Trinajstić information content (AvgIpc) is 2.48. The van der Waals surface area contributed by atoms with Crippen LogP contribution in [-0.2, 0) is 4.74 Å². The number of anilines is 1. The third-order valence-corrected chi connectivity index (χ3v) is 2.71. The number of esters is 1. The maximum atomic E-state index is 11.2. The van der Waals surface area contributed by atoms with Gasteiger partial charge in [-0.15, -0.1) is 0 Å². The molecule has 2 rings (SSSR count). The Morgan fingerprint density at radius 2 is 1.95 bits per heavy atom. The summed E-state index contributed by atoms with van der Waals surface area (Å²) in [5, 5.41) is 3.22. The number of carbonyl (C=O) groups excluding carboxylic acids is 1. The maximum Gasteiger partial charge on any atom is 0.358 e. The van der Waals surface area contributed by atoms with Crippen molar-refractivity contribution in [1.29, 1.82) is 0 Å². The number of hydrogen-bond acceptors (Lipinski definition) is 5. The first-order valence-electron chi connectivity index (χ1n) is 5.92. The molecule has 2 aromatic rings. The molecule has 0 saturated carbocycles. The van der Waals surface area contributed by atoms with E-state index in [0.717, 1.165) is 5.56 Å². The minimum Gasteiger partial charge on any atom is -0.464 e. The summed E-state index contributed by atoms with van der Waals surface area (Å²) < 4.78 is 4.56. The molecular weight excluding hydrogens is 242 g/mol. The van der Waals surface area contributed by atoms with E-state index in [1.165, 1.54) is 19.5 Å². The third-order valence-electron chi connectivity index (χ3n) is 2.71. The van der Waals surface area contributed by atoms with Gasteiger partial charge in [0.05, 0.1) is 19.5 Å². The number of aromatic nitrogens is 2. The van der Waals surface area contributed by atoms with Crippen LogP contribution in [0.3, 0.4) is 0 Å². The van der Waals surface area contributed by atoms with Crippen LogP contribution in [0.2, 0.25) is 0 Å². The monoisotopic (exact) mass is 257 g/mol. The van der Waals surface area contributed by atoms with Crippen LogP contribution in [0.25, 0.3) is 0 Å². The Kier molecular flexibility index (Phi) is 4.07. The van der Waals surface area contributed by atoms with Crippen LogP contribution in [0.4, 0.5) is 5.82 Å². The molecule has 1 atom stereocenters. The Morgan fingerprint density at radius 1 is 1.21 bits per heavy atom. The van der Waals surface area contributed by atoms with E-state index < -0.39 is 5.97 Å². The fourth-order valence-corrected chi connectivity index (χ4v) is 1.66. The normalized spacial score (nSPS) is 11.7. The van der Waals surface area contributed by atoms with Crippen molar-refractivity contribution in [1.82, 2.24) is 9.97 Å². The largest absolute Gasteiger partial charge is 0.464 e. The lowest BCUT2D eigenvalue weighted by Crippen LogP contribution is -2.10. The van der Waals surface area contributed by atoms with Crippen LogP contribution >= 0.6 is 0 Å². The SMILES string of the molecule is COC(=O)c1cnc(NC(C)c2ccccc2)cn1. The summed E-state index contributed by atoms with van der Waals surface area (Å²) in [5.41, 5.74) is 1.35. The quantitative estimate of drug-likeness (QED) is 0.852. The first-order chi connectivity index (χ1) is 9.20. The van der Waals surface area contributed by atoms with Gasteiger partial charge in [-0.05, 0) is 12.5 Å². The molecule has 0 aliphatic carbocycles. The summed E-state index contributed by atoms with van der Waals surface area (Å²) in [4.78, 5) is 19.4. The van der Waals surface area contributed by atoms with E-state index in [4.69, 9.17) is 0 Å². The lowest BCUT2D eigenvalue weighted by molar-refractivity contribution is 0.0593. The molecule has 5 heteroatoms. The fourth-order valence-electron chi connectivity index (χ4n) is 1.66. The predicted octanol–water partition coefficient (Wildman–Crippen LogP) is 2.44. The molecule has 1 aromatic carbocycles. The van der Waals surface area contributed by atoms with Gasteiger partial charge in [0.25, 0.3) is 0 Å². The molecule has 0 saturated heterocycles. The van der Waals surface area contributed by atoms with Gasteiger partial charge >= 0.3 is 5.97 Å².